The number of aliphatic imine (C=N–C) groups is 1. The molecule has 0 fully saturated rings. The Labute approximate surface area is 68.7 Å². The van der Waals surface area contributed by atoms with E-state index >= 15 is 0 Å². The highest BCUT2D eigenvalue weighted by Crippen LogP contribution is 2.11. The second kappa shape index (κ2) is 3.01. The van der Waals surface area contributed by atoms with Gasteiger partial charge in [0, 0.05) is 31.0 Å². The molecule has 0 radical (unpaired) electrons. The molecule has 1 aromatic rings. The average molecular weight is 201 g/mol. The van der Waals surface area contributed by atoms with Crippen molar-refractivity contribution in [2.75, 3.05) is 7.05 Å². The van der Waals surface area contributed by atoms with Crippen LogP contribution >= 0.6 is 15.9 Å². The minimum absolute atomic E-state index is 1.09. The molecule has 0 unspecified atom stereocenters. The van der Waals surface area contributed by atoms with Gasteiger partial charge in [0.15, 0.2) is 0 Å². The van der Waals surface area contributed by atoms with Crippen LogP contribution in [0.3, 0.4) is 0 Å². The lowest BCUT2D eigenvalue weighted by atomic mass is 10.5. The maximum Gasteiger partial charge on any atom is 0.0597 e. The second-order valence-corrected chi connectivity index (χ2v) is 3.00. The van der Waals surface area contributed by atoms with Crippen LogP contribution in [0.15, 0.2) is 21.7 Å². The molecule has 0 amide bonds. The normalized spacial score (nSPS) is 11.1. The van der Waals surface area contributed by atoms with E-state index in [4.69, 9.17) is 0 Å². The van der Waals surface area contributed by atoms with E-state index in [1.54, 1.807) is 7.05 Å². The van der Waals surface area contributed by atoms with Crippen molar-refractivity contribution in [2.24, 2.45) is 12.0 Å². The average Bonchev–Trinajstić information content (AvgIpc) is 2.13. The Balaban J connectivity index is 3.03. The summed E-state index contributed by atoms with van der Waals surface area (Å²) in [6, 6.07) is 2.02. The van der Waals surface area contributed by atoms with Crippen molar-refractivity contribution >= 4 is 22.1 Å². The first-order chi connectivity index (χ1) is 4.74. The molecule has 0 atom stereocenters. The van der Waals surface area contributed by atoms with Gasteiger partial charge in [-0.1, -0.05) is 0 Å². The van der Waals surface area contributed by atoms with Crippen molar-refractivity contribution in [1.82, 2.24) is 4.57 Å². The maximum absolute atomic E-state index is 3.91. The number of nitrogens with zero attached hydrogens (tertiary/aromatic N) is 2. The molecule has 3 heteroatoms. The molecule has 0 saturated heterocycles. The highest BCUT2D eigenvalue weighted by Gasteiger charge is 1.95. The van der Waals surface area contributed by atoms with Crippen molar-refractivity contribution < 1.29 is 0 Å². The first-order valence-electron chi connectivity index (χ1n) is 2.98. The predicted molar refractivity (Wildman–Crippen MR) is 46.6 cm³/mol. The lowest BCUT2D eigenvalue weighted by Gasteiger charge is -1.91. The number of hydrogen-bond donors (Lipinski definition) is 0. The zero-order chi connectivity index (χ0) is 7.56. The van der Waals surface area contributed by atoms with Gasteiger partial charge >= 0.3 is 0 Å². The van der Waals surface area contributed by atoms with Crippen molar-refractivity contribution in [1.29, 1.82) is 0 Å². The molecule has 10 heavy (non-hydrogen) atoms. The van der Waals surface area contributed by atoms with Crippen molar-refractivity contribution in [3.05, 3.63) is 22.4 Å². The lowest BCUT2D eigenvalue weighted by molar-refractivity contribution is 0.916. The molecule has 1 heterocycles. The van der Waals surface area contributed by atoms with E-state index in [2.05, 4.69) is 20.9 Å². The van der Waals surface area contributed by atoms with Gasteiger partial charge in [0.25, 0.3) is 0 Å². The lowest BCUT2D eigenvalue weighted by Crippen LogP contribution is -1.91. The summed E-state index contributed by atoms with van der Waals surface area (Å²) in [7, 11) is 3.75. The highest BCUT2D eigenvalue weighted by atomic mass is 79.9. The smallest absolute Gasteiger partial charge is 0.0597 e. The first-order valence-corrected chi connectivity index (χ1v) is 3.77. The van der Waals surface area contributed by atoms with Crippen molar-refractivity contribution in [3.63, 3.8) is 0 Å². The molecule has 0 N–H and O–H groups in total. The maximum atomic E-state index is 3.91. The third-order valence-corrected chi connectivity index (χ3v) is 1.71. The van der Waals surface area contributed by atoms with Gasteiger partial charge in [-0.2, -0.15) is 0 Å². The SMILES string of the molecule is C/N=C/c1cc(Br)cn1C. The van der Waals surface area contributed by atoms with Crippen LogP contribution in [0.5, 0.6) is 0 Å². The van der Waals surface area contributed by atoms with Crippen LogP contribution in [0.2, 0.25) is 0 Å². The molecule has 0 bridgehead atoms. The van der Waals surface area contributed by atoms with Gasteiger partial charge in [-0.05, 0) is 22.0 Å². The Kier molecular flexibility index (Phi) is 2.27. The standard InChI is InChI=1S/C7H9BrN2/c1-9-4-7-3-6(8)5-10(7)2/h3-5H,1-2H3/b9-4+. The minimum atomic E-state index is 1.09. The van der Waals surface area contributed by atoms with Gasteiger partial charge in [-0.15, -0.1) is 0 Å². The number of rotatable bonds is 1. The largest absolute Gasteiger partial charge is 0.349 e. The van der Waals surface area contributed by atoms with E-state index in [-0.39, 0.29) is 0 Å². The van der Waals surface area contributed by atoms with Crippen LogP contribution in [0.1, 0.15) is 5.69 Å². The van der Waals surface area contributed by atoms with E-state index in [1.807, 2.05) is 30.1 Å². The molecule has 0 aliphatic rings. The van der Waals surface area contributed by atoms with Gasteiger partial charge in [0.1, 0.15) is 0 Å². The van der Waals surface area contributed by atoms with Gasteiger partial charge < -0.3 is 4.57 Å². The van der Waals surface area contributed by atoms with E-state index in [1.165, 1.54) is 0 Å². The van der Waals surface area contributed by atoms with E-state index in [0.29, 0.717) is 0 Å². The van der Waals surface area contributed by atoms with Crippen LogP contribution in [0.25, 0.3) is 0 Å². The summed E-state index contributed by atoms with van der Waals surface area (Å²) in [6.45, 7) is 0. The minimum Gasteiger partial charge on any atom is -0.349 e. The fourth-order valence-electron chi connectivity index (χ4n) is 0.800. The van der Waals surface area contributed by atoms with Crippen LogP contribution in [0.4, 0.5) is 0 Å². The first kappa shape index (κ1) is 7.54. The van der Waals surface area contributed by atoms with E-state index < -0.39 is 0 Å². The van der Waals surface area contributed by atoms with Gasteiger partial charge in [0.05, 0.1) is 5.69 Å². The molecular formula is C7H9BrN2. The van der Waals surface area contributed by atoms with Crippen LogP contribution in [0, 0.1) is 0 Å². The van der Waals surface area contributed by atoms with Crippen LogP contribution in [-0.4, -0.2) is 17.8 Å². The zero-order valence-corrected chi connectivity index (χ0v) is 7.59. The molecule has 0 aromatic carbocycles. The summed E-state index contributed by atoms with van der Waals surface area (Å²) in [5, 5.41) is 0. The molecule has 0 spiro atoms. The van der Waals surface area contributed by atoms with Crippen molar-refractivity contribution in [2.45, 2.75) is 0 Å². The number of hydrogen-bond acceptors (Lipinski definition) is 1. The van der Waals surface area contributed by atoms with Gasteiger partial charge in [-0.25, -0.2) is 0 Å². The van der Waals surface area contributed by atoms with E-state index in [0.717, 1.165) is 10.2 Å². The molecule has 0 aliphatic carbocycles. The van der Waals surface area contributed by atoms with Crippen LogP contribution < -0.4 is 0 Å². The summed E-state index contributed by atoms with van der Waals surface area (Å²) >= 11 is 3.37. The highest BCUT2D eigenvalue weighted by molar-refractivity contribution is 9.10. The molecule has 1 rings (SSSR count). The fraction of sp³-hybridized carbons (Fsp3) is 0.286. The Morgan fingerprint density at radius 3 is 2.80 bits per heavy atom. The van der Waals surface area contributed by atoms with Crippen molar-refractivity contribution in [3.8, 4) is 0 Å². The summed E-state index contributed by atoms with van der Waals surface area (Å²) in [6.07, 6.45) is 3.82. The molecule has 2 nitrogen and oxygen atoms in total. The molecule has 0 saturated carbocycles. The Hall–Kier alpha value is -0.570. The Morgan fingerprint density at radius 2 is 2.40 bits per heavy atom. The van der Waals surface area contributed by atoms with Gasteiger partial charge in [-0.3, -0.25) is 4.99 Å². The van der Waals surface area contributed by atoms with Crippen LogP contribution in [-0.2, 0) is 7.05 Å². The van der Waals surface area contributed by atoms with E-state index in [9.17, 15) is 0 Å². The summed E-state index contributed by atoms with van der Waals surface area (Å²) < 4.78 is 3.10. The fourth-order valence-corrected chi connectivity index (χ4v) is 1.34. The predicted octanol–water partition coefficient (Wildman–Crippen LogP) is 1.84. The summed E-state index contributed by atoms with van der Waals surface area (Å²) in [5.41, 5.74) is 1.11. The number of aromatic nitrogens is 1. The summed E-state index contributed by atoms with van der Waals surface area (Å²) in [4.78, 5) is 3.91. The third-order valence-electron chi connectivity index (χ3n) is 1.27. The number of halogens is 1. The summed E-state index contributed by atoms with van der Waals surface area (Å²) in [5.74, 6) is 0. The molecular weight excluding hydrogens is 192 g/mol. The van der Waals surface area contributed by atoms with Gasteiger partial charge in [0.2, 0.25) is 0 Å². The zero-order valence-electron chi connectivity index (χ0n) is 6.00. The topological polar surface area (TPSA) is 17.3 Å². The monoisotopic (exact) mass is 200 g/mol. The number of aryl methyl sites for hydroxylation is 1. The third kappa shape index (κ3) is 1.48. The Bertz CT molecular complexity index is 250. The second-order valence-electron chi connectivity index (χ2n) is 2.08. The molecule has 0 aliphatic heterocycles. The quantitative estimate of drug-likeness (QED) is 0.617. The Morgan fingerprint density at radius 1 is 1.70 bits per heavy atom. The molecule has 54 valence electrons. The molecule has 1 aromatic heterocycles.